The molecule has 0 fully saturated rings. The molecule has 1 aliphatic rings. The minimum absolute atomic E-state index is 0.192. The van der Waals surface area contributed by atoms with Crippen LogP contribution in [0.1, 0.15) is 30.8 Å². The van der Waals surface area contributed by atoms with Crippen molar-refractivity contribution in [3.05, 3.63) is 168 Å². The third kappa shape index (κ3) is 4.24. The lowest BCUT2D eigenvalue weighted by Gasteiger charge is -2.24. The summed E-state index contributed by atoms with van der Waals surface area (Å²) in [4.78, 5) is 4.90. The normalized spacial score (nSPS) is 15.0. The molecule has 0 radical (unpaired) electrons. The highest BCUT2D eigenvalue weighted by Crippen LogP contribution is 2.55. The number of aromatic nitrogens is 1. The molecule has 264 valence electrons. The largest absolute Gasteiger partial charge is 0.383 e. The molecule has 2 heterocycles. The number of benzene rings is 8. The first kappa shape index (κ1) is 31.6. The van der Waals surface area contributed by atoms with Gasteiger partial charge in [-0.25, -0.2) is 0 Å². The number of hydrogen-bond donors (Lipinski definition) is 1. The van der Waals surface area contributed by atoms with E-state index in [4.69, 9.17) is 4.98 Å². The summed E-state index contributed by atoms with van der Waals surface area (Å²) in [5, 5.41) is 24.7. The second-order valence-corrected chi connectivity index (χ2v) is 16.1. The minimum atomic E-state index is 0.192. The fourth-order valence-electron chi connectivity index (χ4n) is 10.6. The zero-order chi connectivity index (χ0) is 37.4. The molecule has 10 aromatic carbocycles. The Morgan fingerprint density at radius 1 is 0.446 bits per heavy atom. The Balaban J connectivity index is 1.44. The van der Waals surface area contributed by atoms with Crippen molar-refractivity contribution < 1.29 is 0 Å². The third-order valence-corrected chi connectivity index (χ3v) is 12.5. The molecule has 11 aromatic rings. The Hall–Kier alpha value is -6.77. The van der Waals surface area contributed by atoms with Crippen LogP contribution in [0.15, 0.2) is 151 Å². The van der Waals surface area contributed by atoms with Crippen LogP contribution in [-0.4, -0.2) is 11.0 Å². The van der Waals surface area contributed by atoms with Crippen LogP contribution in [-0.2, 0) is 0 Å². The molecule has 2 heteroatoms. The Morgan fingerprint density at radius 3 is 1.89 bits per heavy atom. The quantitative estimate of drug-likeness (QED) is 0.184. The minimum Gasteiger partial charge on any atom is -0.383 e. The molecule has 0 bridgehead atoms. The molecule has 0 amide bonds. The average Bonchev–Trinajstić information content (AvgIpc) is 3.70. The van der Waals surface area contributed by atoms with Crippen molar-refractivity contribution in [2.24, 2.45) is 0 Å². The molecule has 1 unspecified atom stereocenters. The van der Waals surface area contributed by atoms with E-state index in [9.17, 15) is 0 Å². The lowest BCUT2D eigenvalue weighted by atomic mass is 9.82. The molecule has 1 N–H and O–H groups in total. The number of nitrogens with one attached hydrogen (secondary N) is 1. The molecule has 0 saturated heterocycles. The fourth-order valence-corrected chi connectivity index (χ4v) is 10.6. The standard InChI is InChI=1S/C54H38N2/c1-29-23-35(24-30(2)55-29)47-46-28-44-40-18-11-10-17-39(40)41-19-12-20-42(49(41)44)51(46)48(36-25-31(3)56-32(4)26-36)54-45-27-34-15-8-9-16-37(34)50-38(33-13-6-5-7-14-33)21-22-43(52(45)50)53(47)54/h5-28,31,56H,1-4H3. The summed E-state index contributed by atoms with van der Waals surface area (Å²) < 4.78 is 0. The number of fused-ring (bicyclic) bond motifs is 10. The van der Waals surface area contributed by atoms with E-state index in [0.717, 1.165) is 11.4 Å². The van der Waals surface area contributed by atoms with Gasteiger partial charge in [-0.2, -0.15) is 0 Å². The second-order valence-electron chi connectivity index (χ2n) is 16.1. The number of allylic oxidation sites excluding steroid dienone is 3. The highest BCUT2D eigenvalue weighted by Gasteiger charge is 2.29. The van der Waals surface area contributed by atoms with Crippen LogP contribution >= 0.6 is 0 Å². The van der Waals surface area contributed by atoms with Crippen LogP contribution in [0.25, 0.3) is 114 Å². The van der Waals surface area contributed by atoms with Crippen LogP contribution in [0.3, 0.4) is 0 Å². The SMILES string of the molecule is CC1=CC(c2c3c(cc4c5ccccc5c5cccc3c54)c(-c3cc(C)nc(C)c3)c3c4ccc(-c5ccccc5)c5c6ccccc6cc(c23)c45)=CC(C)N1. The average molecular weight is 715 g/mol. The van der Waals surface area contributed by atoms with Gasteiger partial charge in [0.2, 0.25) is 0 Å². The Labute approximate surface area is 325 Å². The maximum Gasteiger partial charge on any atom is 0.0422 e. The summed E-state index contributed by atoms with van der Waals surface area (Å²) in [6, 6.07) is 50.5. The van der Waals surface area contributed by atoms with E-state index in [2.05, 4.69) is 179 Å². The van der Waals surface area contributed by atoms with Crippen LogP contribution < -0.4 is 5.32 Å². The molecule has 0 saturated carbocycles. The van der Waals surface area contributed by atoms with Crippen molar-refractivity contribution in [1.29, 1.82) is 0 Å². The Kier molecular flexibility index (Phi) is 6.42. The summed E-state index contributed by atoms with van der Waals surface area (Å²) in [6.45, 7) is 8.74. The summed E-state index contributed by atoms with van der Waals surface area (Å²) in [7, 11) is 0. The third-order valence-electron chi connectivity index (χ3n) is 12.5. The first-order valence-corrected chi connectivity index (χ1v) is 19.8. The smallest absolute Gasteiger partial charge is 0.0422 e. The second kappa shape index (κ2) is 11.4. The van der Waals surface area contributed by atoms with Crippen LogP contribution in [0.5, 0.6) is 0 Å². The van der Waals surface area contributed by atoms with Crippen LogP contribution in [0.2, 0.25) is 0 Å². The summed E-state index contributed by atoms with van der Waals surface area (Å²) in [5.74, 6) is 0. The molecule has 1 atom stereocenters. The van der Waals surface area contributed by atoms with Crippen molar-refractivity contribution >= 4 is 91.8 Å². The molecular weight excluding hydrogens is 677 g/mol. The van der Waals surface area contributed by atoms with Gasteiger partial charge >= 0.3 is 0 Å². The van der Waals surface area contributed by atoms with Crippen molar-refractivity contribution in [3.63, 3.8) is 0 Å². The molecule has 12 rings (SSSR count). The summed E-state index contributed by atoms with van der Waals surface area (Å²) in [6.07, 6.45) is 4.82. The fraction of sp³-hybridized carbons (Fsp3) is 0.0926. The molecular formula is C54H38N2. The Morgan fingerprint density at radius 2 is 1.11 bits per heavy atom. The van der Waals surface area contributed by atoms with Gasteiger partial charge < -0.3 is 5.32 Å². The van der Waals surface area contributed by atoms with Crippen molar-refractivity contribution in [2.75, 3.05) is 0 Å². The lowest BCUT2D eigenvalue weighted by Crippen LogP contribution is -2.25. The van der Waals surface area contributed by atoms with E-state index in [-0.39, 0.29) is 6.04 Å². The maximum atomic E-state index is 4.90. The topological polar surface area (TPSA) is 24.9 Å². The van der Waals surface area contributed by atoms with E-state index >= 15 is 0 Å². The van der Waals surface area contributed by atoms with Gasteiger partial charge in [-0.15, -0.1) is 0 Å². The Bertz CT molecular complexity index is 3510. The molecule has 0 aliphatic carbocycles. The van der Waals surface area contributed by atoms with Gasteiger partial charge in [0.25, 0.3) is 0 Å². The predicted octanol–water partition coefficient (Wildman–Crippen LogP) is 14.4. The van der Waals surface area contributed by atoms with E-state index < -0.39 is 0 Å². The van der Waals surface area contributed by atoms with E-state index in [1.54, 1.807) is 0 Å². The van der Waals surface area contributed by atoms with E-state index in [0.29, 0.717) is 0 Å². The van der Waals surface area contributed by atoms with Gasteiger partial charge in [-0.3, -0.25) is 4.98 Å². The van der Waals surface area contributed by atoms with Gasteiger partial charge in [0.15, 0.2) is 0 Å². The summed E-state index contributed by atoms with van der Waals surface area (Å²) in [5.41, 5.74) is 10.9. The number of aryl methyl sites for hydroxylation is 2. The zero-order valence-electron chi connectivity index (χ0n) is 31.9. The number of hydrogen-bond acceptors (Lipinski definition) is 2. The van der Waals surface area contributed by atoms with Crippen molar-refractivity contribution in [2.45, 2.75) is 33.7 Å². The van der Waals surface area contributed by atoms with Crippen molar-refractivity contribution in [3.8, 4) is 22.3 Å². The van der Waals surface area contributed by atoms with Crippen molar-refractivity contribution in [1.82, 2.24) is 10.3 Å². The molecule has 2 nitrogen and oxygen atoms in total. The van der Waals surface area contributed by atoms with Gasteiger partial charge in [-0.1, -0.05) is 115 Å². The molecule has 56 heavy (non-hydrogen) atoms. The van der Waals surface area contributed by atoms with Gasteiger partial charge in [0, 0.05) is 23.1 Å². The molecule has 0 spiro atoms. The van der Waals surface area contributed by atoms with Gasteiger partial charge in [0.05, 0.1) is 0 Å². The first-order chi connectivity index (χ1) is 27.4. The number of nitrogens with zero attached hydrogens (tertiary/aromatic N) is 1. The molecule has 1 aromatic heterocycles. The predicted molar refractivity (Wildman–Crippen MR) is 241 cm³/mol. The monoisotopic (exact) mass is 714 g/mol. The van der Waals surface area contributed by atoms with E-state index in [1.165, 1.54) is 125 Å². The maximum absolute atomic E-state index is 4.90. The van der Waals surface area contributed by atoms with Gasteiger partial charge in [0.1, 0.15) is 0 Å². The first-order valence-electron chi connectivity index (χ1n) is 19.8. The highest BCUT2D eigenvalue weighted by atomic mass is 14.9. The summed E-state index contributed by atoms with van der Waals surface area (Å²) >= 11 is 0. The number of dihydropyridines is 1. The number of pyridine rings is 1. The zero-order valence-corrected chi connectivity index (χ0v) is 31.9. The molecule has 1 aliphatic heterocycles. The van der Waals surface area contributed by atoms with E-state index in [1.807, 2.05) is 0 Å². The van der Waals surface area contributed by atoms with Crippen LogP contribution in [0.4, 0.5) is 0 Å². The van der Waals surface area contributed by atoms with Gasteiger partial charge in [-0.05, 0) is 178 Å². The number of rotatable bonds is 3. The highest BCUT2D eigenvalue weighted by molar-refractivity contribution is 6.45. The lowest BCUT2D eigenvalue weighted by molar-refractivity contribution is 0.721. The van der Waals surface area contributed by atoms with Crippen LogP contribution in [0, 0.1) is 13.8 Å².